The Bertz CT molecular complexity index is 384. The van der Waals surface area contributed by atoms with E-state index in [2.05, 4.69) is 9.89 Å². The summed E-state index contributed by atoms with van der Waals surface area (Å²) < 4.78 is 5.59. The molecule has 4 nitrogen and oxygen atoms in total. The summed E-state index contributed by atoms with van der Waals surface area (Å²) in [6.45, 7) is 3.25. The van der Waals surface area contributed by atoms with E-state index in [0.29, 0.717) is 19.1 Å². The molecule has 2 rings (SSSR count). The van der Waals surface area contributed by atoms with Gasteiger partial charge in [0.15, 0.2) is 5.96 Å². The van der Waals surface area contributed by atoms with Crippen LogP contribution < -0.4 is 10.5 Å². The Labute approximate surface area is 115 Å². The van der Waals surface area contributed by atoms with Crippen LogP contribution in [0.3, 0.4) is 0 Å². The number of rotatable bonds is 4. The van der Waals surface area contributed by atoms with Crippen LogP contribution in [-0.2, 0) is 0 Å². The second-order valence-corrected chi connectivity index (χ2v) is 4.80. The van der Waals surface area contributed by atoms with Crippen molar-refractivity contribution >= 4 is 5.96 Å². The van der Waals surface area contributed by atoms with Gasteiger partial charge in [0.2, 0.25) is 0 Å². The second kappa shape index (κ2) is 7.67. The van der Waals surface area contributed by atoms with Crippen LogP contribution in [0.1, 0.15) is 25.7 Å². The number of guanidine groups is 1. The molecular weight excluding hydrogens is 238 g/mol. The number of hydrogen-bond donors (Lipinski definition) is 1. The predicted octanol–water partition coefficient (Wildman–Crippen LogP) is 2.26. The number of benzene rings is 1. The largest absolute Gasteiger partial charge is 0.492 e. The zero-order valence-corrected chi connectivity index (χ0v) is 11.4. The smallest absolute Gasteiger partial charge is 0.191 e. The highest BCUT2D eigenvalue weighted by atomic mass is 16.5. The molecule has 0 aromatic heterocycles. The molecular formula is C15H23N3O. The van der Waals surface area contributed by atoms with E-state index in [9.17, 15) is 0 Å². The molecule has 1 aromatic rings. The van der Waals surface area contributed by atoms with Crippen molar-refractivity contribution in [2.24, 2.45) is 10.7 Å². The Morgan fingerprint density at radius 3 is 2.47 bits per heavy atom. The Morgan fingerprint density at radius 2 is 1.79 bits per heavy atom. The van der Waals surface area contributed by atoms with Crippen LogP contribution >= 0.6 is 0 Å². The van der Waals surface area contributed by atoms with E-state index in [1.807, 2.05) is 30.3 Å². The van der Waals surface area contributed by atoms with Gasteiger partial charge in [0.25, 0.3) is 0 Å². The maximum atomic E-state index is 6.02. The number of likely N-dealkylation sites (tertiary alicyclic amines) is 1. The SMILES string of the molecule is NC(=NCCOc1ccccc1)N1CCCCCC1. The summed E-state index contributed by atoms with van der Waals surface area (Å²) in [5.41, 5.74) is 6.02. The lowest BCUT2D eigenvalue weighted by molar-refractivity contribution is 0.327. The van der Waals surface area contributed by atoms with Crippen LogP contribution in [0, 0.1) is 0 Å². The summed E-state index contributed by atoms with van der Waals surface area (Å²) in [5, 5.41) is 0. The molecule has 2 N–H and O–H groups in total. The van der Waals surface area contributed by atoms with Crippen molar-refractivity contribution in [2.45, 2.75) is 25.7 Å². The van der Waals surface area contributed by atoms with Crippen molar-refractivity contribution < 1.29 is 4.74 Å². The summed E-state index contributed by atoms with van der Waals surface area (Å²) >= 11 is 0. The third-order valence-electron chi connectivity index (χ3n) is 3.31. The summed E-state index contributed by atoms with van der Waals surface area (Å²) in [6.07, 6.45) is 5.05. The molecule has 0 bridgehead atoms. The van der Waals surface area contributed by atoms with E-state index in [-0.39, 0.29) is 0 Å². The van der Waals surface area contributed by atoms with E-state index < -0.39 is 0 Å². The summed E-state index contributed by atoms with van der Waals surface area (Å²) in [6, 6.07) is 9.79. The van der Waals surface area contributed by atoms with Crippen LogP contribution in [0.25, 0.3) is 0 Å². The monoisotopic (exact) mass is 261 g/mol. The highest BCUT2D eigenvalue weighted by molar-refractivity contribution is 5.78. The van der Waals surface area contributed by atoms with Crippen molar-refractivity contribution in [1.29, 1.82) is 0 Å². The highest BCUT2D eigenvalue weighted by Gasteiger charge is 2.10. The molecule has 1 aliphatic rings. The van der Waals surface area contributed by atoms with Crippen LogP contribution in [0.4, 0.5) is 0 Å². The first-order chi connectivity index (χ1) is 9.36. The first kappa shape index (κ1) is 13.7. The van der Waals surface area contributed by atoms with Gasteiger partial charge in [-0.15, -0.1) is 0 Å². The number of ether oxygens (including phenoxy) is 1. The molecule has 0 unspecified atom stereocenters. The van der Waals surface area contributed by atoms with Crippen molar-refractivity contribution in [1.82, 2.24) is 4.90 Å². The zero-order chi connectivity index (χ0) is 13.3. The summed E-state index contributed by atoms with van der Waals surface area (Å²) in [7, 11) is 0. The fourth-order valence-corrected chi connectivity index (χ4v) is 2.24. The van der Waals surface area contributed by atoms with E-state index >= 15 is 0 Å². The molecule has 0 atom stereocenters. The molecule has 0 aliphatic carbocycles. The number of hydrogen-bond acceptors (Lipinski definition) is 2. The van der Waals surface area contributed by atoms with Gasteiger partial charge in [0.1, 0.15) is 12.4 Å². The van der Waals surface area contributed by atoms with E-state index in [1.165, 1.54) is 25.7 Å². The topological polar surface area (TPSA) is 50.9 Å². The number of nitrogens with two attached hydrogens (primary N) is 1. The van der Waals surface area contributed by atoms with Crippen LogP contribution in [0.15, 0.2) is 35.3 Å². The quantitative estimate of drug-likeness (QED) is 0.514. The molecule has 4 heteroatoms. The molecule has 0 saturated carbocycles. The van der Waals surface area contributed by atoms with Gasteiger partial charge in [-0.3, -0.25) is 0 Å². The standard InChI is InChI=1S/C15H23N3O/c16-15(18-11-6-1-2-7-12-18)17-10-13-19-14-8-4-3-5-9-14/h3-5,8-9H,1-2,6-7,10-13H2,(H2,16,17). The molecule has 1 heterocycles. The van der Waals surface area contributed by atoms with E-state index in [4.69, 9.17) is 10.5 Å². The maximum Gasteiger partial charge on any atom is 0.191 e. The summed E-state index contributed by atoms with van der Waals surface area (Å²) in [5.74, 6) is 1.55. The second-order valence-electron chi connectivity index (χ2n) is 4.80. The van der Waals surface area contributed by atoms with Crippen molar-refractivity contribution in [3.63, 3.8) is 0 Å². The fourth-order valence-electron chi connectivity index (χ4n) is 2.24. The van der Waals surface area contributed by atoms with Gasteiger partial charge in [0.05, 0.1) is 6.54 Å². The third-order valence-corrected chi connectivity index (χ3v) is 3.31. The predicted molar refractivity (Wildman–Crippen MR) is 78.5 cm³/mol. The molecule has 1 saturated heterocycles. The van der Waals surface area contributed by atoms with Gasteiger partial charge in [-0.05, 0) is 25.0 Å². The molecule has 0 spiro atoms. The molecule has 1 aliphatic heterocycles. The van der Waals surface area contributed by atoms with Gasteiger partial charge >= 0.3 is 0 Å². The molecule has 1 fully saturated rings. The number of aliphatic imine (C=N–C) groups is 1. The van der Waals surface area contributed by atoms with Gasteiger partial charge in [-0.1, -0.05) is 31.0 Å². The highest BCUT2D eigenvalue weighted by Crippen LogP contribution is 2.09. The number of para-hydroxylation sites is 1. The minimum Gasteiger partial charge on any atom is -0.492 e. The van der Waals surface area contributed by atoms with Crippen molar-refractivity contribution in [3.05, 3.63) is 30.3 Å². The lowest BCUT2D eigenvalue weighted by atomic mass is 10.2. The van der Waals surface area contributed by atoms with Crippen molar-refractivity contribution in [2.75, 3.05) is 26.2 Å². The Hall–Kier alpha value is -1.71. The van der Waals surface area contributed by atoms with Gasteiger partial charge in [-0.2, -0.15) is 0 Å². The van der Waals surface area contributed by atoms with Gasteiger partial charge in [0, 0.05) is 13.1 Å². The van der Waals surface area contributed by atoms with E-state index in [0.717, 1.165) is 18.8 Å². The summed E-state index contributed by atoms with van der Waals surface area (Å²) in [4.78, 5) is 6.59. The lowest BCUT2D eigenvalue weighted by Gasteiger charge is -2.21. The van der Waals surface area contributed by atoms with Crippen LogP contribution in [-0.4, -0.2) is 37.1 Å². The average Bonchev–Trinajstić information content (AvgIpc) is 2.73. The normalized spacial score (nSPS) is 17.1. The molecule has 19 heavy (non-hydrogen) atoms. The fraction of sp³-hybridized carbons (Fsp3) is 0.533. The molecule has 0 amide bonds. The van der Waals surface area contributed by atoms with Crippen LogP contribution in [0.2, 0.25) is 0 Å². The third kappa shape index (κ3) is 4.81. The minimum absolute atomic E-state index is 0.568. The Kier molecular flexibility index (Phi) is 5.53. The first-order valence-electron chi connectivity index (χ1n) is 7.09. The number of nitrogens with zero attached hydrogens (tertiary/aromatic N) is 2. The minimum atomic E-state index is 0.568. The Balaban J connectivity index is 1.72. The van der Waals surface area contributed by atoms with Crippen molar-refractivity contribution in [3.8, 4) is 5.75 Å². The first-order valence-corrected chi connectivity index (χ1v) is 7.09. The molecule has 0 radical (unpaired) electrons. The van der Waals surface area contributed by atoms with Gasteiger partial charge in [-0.25, -0.2) is 4.99 Å². The molecule has 104 valence electrons. The van der Waals surface area contributed by atoms with Gasteiger partial charge < -0.3 is 15.4 Å². The van der Waals surface area contributed by atoms with E-state index in [1.54, 1.807) is 0 Å². The lowest BCUT2D eigenvalue weighted by Crippen LogP contribution is -2.38. The average molecular weight is 261 g/mol. The maximum absolute atomic E-state index is 6.02. The molecule has 1 aromatic carbocycles. The Morgan fingerprint density at radius 1 is 1.11 bits per heavy atom. The van der Waals surface area contributed by atoms with Crippen LogP contribution in [0.5, 0.6) is 5.75 Å². The zero-order valence-electron chi connectivity index (χ0n) is 11.4.